The largest absolute Gasteiger partial charge is 0.352 e. The van der Waals surface area contributed by atoms with Crippen LogP contribution in [0.3, 0.4) is 0 Å². The first-order valence-electron chi connectivity index (χ1n) is 10.7. The van der Waals surface area contributed by atoms with Crippen LogP contribution in [0.15, 0.2) is 42.5 Å². The highest BCUT2D eigenvalue weighted by Gasteiger charge is 2.31. The fourth-order valence-electron chi connectivity index (χ4n) is 3.40. The van der Waals surface area contributed by atoms with Crippen molar-refractivity contribution in [3.05, 3.63) is 64.2 Å². The first kappa shape index (κ1) is 26.7. The summed E-state index contributed by atoms with van der Waals surface area (Å²) >= 11 is 6.31. The Morgan fingerprint density at radius 2 is 1.67 bits per heavy atom. The number of amides is 2. The molecule has 0 radical (unpaired) electrons. The van der Waals surface area contributed by atoms with Gasteiger partial charge in [0.15, 0.2) is 0 Å². The van der Waals surface area contributed by atoms with Crippen LogP contribution in [0.2, 0.25) is 5.02 Å². The lowest BCUT2D eigenvalue weighted by Gasteiger charge is -2.32. The van der Waals surface area contributed by atoms with E-state index in [4.69, 9.17) is 11.6 Å². The van der Waals surface area contributed by atoms with Crippen molar-refractivity contribution in [3.8, 4) is 0 Å². The minimum absolute atomic E-state index is 0.0651. The Kier molecular flexibility index (Phi) is 8.91. The summed E-state index contributed by atoms with van der Waals surface area (Å²) in [6.07, 6.45) is 1.06. The van der Waals surface area contributed by atoms with Crippen LogP contribution in [0.5, 0.6) is 0 Å². The van der Waals surface area contributed by atoms with Crippen molar-refractivity contribution in [2.45, 2.75) is 53.2 Å². The molecule has 0 aliphatic carbocycles. The average Bonchev–Trinajstić information content (AvgIpc) is 2.71. The summed E-state index contributed by atoms with van der Waals surface area (Å²) in [6, 6.07) is 11.4. The van der Waals surface area contributed by atoms with Gasteiger partial charge in [-0.15, -0.1) is 0 Å². The molecule has 0 heterocycles. The summed E-state index contributed by atoms with van der Waals surface area (Å²) < 4.78 is 26.4. The third kappa shape index (κ3) is 6.95. The summed E-state index contributed by atoms with van der Waals surface area (Å²) in [4.78, 5) is 27.6. The van der Waals surface area contributed by atoms with Crippen molar-refractivity contribution in [1.29, 1.82) is 0 Å². The van der Waals surface area contributed by atoms with Crippen molar-refractivity contribution in [2.75, 3.05) is 17.1 Å². The van der Waals surface area contributed by atoms with Crippen LogP contribution in [0.4, 0.5) is 5.69 Å². The van der Waals surface area contributed by atoms with Gasteiger partial charge in [-0.1, -0.05) is 41.9 Å². The Morgan fingerprint density at radius 3 is 2.24 bits per heavy atom. The molecule has 0 aromatic heterocycles. The molecule has 7 nitrogen and oxygen atoms in total. The number of halogens is 1. The summed E-state index contributed by atoms with van der Waals surface area (Å²) in [5, 5.41) is 3.27. The third-order valence-electron chi connectivity index (χ3n) is 5.42. The Morgan fingerprint density at radius 1 is 1.03 bits per heavy atom. The highest BCUT2D eigenvalue weighted by molar-refractivity contribution is 7.92. The Hall–Kier alpha value is -2.58. The predicted molar refractivity (Wildman–Crippen MR) is 133 cm³/mol. The SMILES string of the molecule is Cc1cccc(N(CC(=O)N(Cc2ccccc2Cl)[C@H](C)C(=O)NC(C)C)S(C)(=O)=O)c1C. The van der Waals surface area contributed by atoms with E-state index in [0.717, 1.165) is 21.7 Å². The number of rotatable bonds is 9. The normalized spacial score (nSPS) is 12.4. The van der Waals surface area contributed by atoms with E-state index in [1.54, 1.807) is 43.3 Å². The number of hydrogen-bond donors (Lipinski definition) is 1. The van der Waals surface area contributed by atoms with E-state index in [1.165, 1.54) is 4.90 Å². The van der Waals surface area contributed by atoms with E-state index in [9.17, 15) is 18.0 Å². The molecule has 0 unspecified atom stereocenters. The molecule has 2 amide bonds. The number of sulfonamides is 1. The first-order valence-corrected chi connectivity index (χ1v) is 12.9. The van der Waals surface area contributed by atoms with Gasteiger partial charge in [0.1, 0.15) is 12.6 Å². The molecule has 0 aliphatic heterocycles. The summed E-state index contributed by atoms with van der Waals surface area (Å²) in [6.45, 7) is 8.60. The van der Waals surface area contributed by atoms with Crippen molar-refractivity contribution >= 4 is 39.1 Å². The van der Waals surface area contributed by atoms with Crippen molar-refractivity contribution < 1.29 is 18.0 Å². The Balaban J connectivity index is 2.45. The number of aryl methyl sites for hydroxylation is 1. The fraction of sp³-hybridized carbons (Fsp3) is 0.417. The van der Waals surface area contributed by atoms with Gasteiger partial charge in [0.2, 0.25) is 21.8 Å². The molecule has 2 aromatic rings. The molecule has 180 valence electrons. The average molecular weight is 494 g/mol. The van der Waals surface area contributed by atoms with Crippen LogP contribution in [-0.4, -0.2) is 50.0 Å². The minimum atomic E-state index is -3.77. The molecular formula is C24H32ClN3O4S. The number of nitrogens with zero attached hydrogens (tertiary/aromatic N) is 2. The van der Waals surface area contributed by atoms with E-state index in [-0.39, 0.29) is 18.5 Å². The van der Waals surface area contributed by atoms with Crippen LogP contribution in [0.1, 0.15) is 37.5 Å². The van der Waals surface area contributed by atoms with E-state index >= 15 is 0 Å². The molecule has 0 saturated carbocycles. The number of carbonyl (C=O) groups excluding carboxylic acids is 2. The highest BCUT2D eigenvalue weighted by Crippen LogP contribution is 2.26. The van der Waals surface area contributed by atoms with E-state index in [1.807, 2.05) is 33.8 Å². The molecule has 1 atom stereocenters. The maximum atomic E-state index is 13.5. The third-order valence-corrected chi connectivity index (χ3v) is 6.92. The molecule has 0 fully saturated rings. The molecule has 2 aromatic carbocycles. The van der Waals surface area contributed by atoms with Crippen LogP contribution >= 0.6 is 11.6 Å². The molecule has 2 rings (SSSR count). The van der Waals surface area contributed by atoms with Gasteiger partial charge in [-0.25, -0.2) is 8.42 Å². The molecule has 0 bridgehead atoms. The number of carbonyl (C=O) groups is 2. The number of hydrogen-bond acceptors (Lipinski definition) is 4. The molecule has 0 saturated heterocycles. The molecule has 33 heavy (non-hydrogen) atoms. The van der Waals surface area contributed by atoms with Gasteiger partial charge < -0.3 is 10.2 Å². The van der Waals surface area contributed by atoms with Gasteiger partial charge in [0, 0.05) is 17.6 Å². The number of anilines is 1. The second-order valence-corrected chi connectivity index (χ2v) is 10.8. The predicted octanol–water partition coefficient (Wildman–Crippen LogP) is 3.66. The lowest BCUT2D eigenvalue weighted by atomic mass is 10.1. The van der Waals surface area contributed by atoms with Gasteiger partial charge >= 0.3 is 0 Å². The maximum absolute atomic E-state index is 13.5. The van der Waals surface area contributed by atoms with Crippen molar-refractivity contribution in [3.63, 3.8) is 0 Å². The smallest absolute Gasteiger partial charge is 0.244 e. The second-order valence-electron chi connectivity index (χ2n) is 8.44. The van der Waals surface area contributed by atoms with Gasteiger partial charge in [0.05, 0.1) is 11.9 Å². The number of nitrogens with one attached hydrogen (secondary N) is 1. The standard InChI is InChI=1S/C24H32ClN3O4S/c1-16(2)26-24(30)19(5)27(14-20-11-7-8-12-21(20)25)23(29)15-28(33(6,31)32)22-13-9-10-17(3)18(22)4/h7-13,16,19H,14-15H2,1-6H3,(H,26,30)/t19-/m1/s1. The topological polar surface area (TPSA) is 86.8 Å². The minimum Gasteiger partial charge on any atom is -0.352 e. The van der Waals surface area contributed by atoms with Gasteiger partial charge in [-0.3, -0.25) is 13.9 Å². The quantitative estimate of drug-likeness (QED) is 0.577. The van der Waals surface area contributed by atoms with Gasteiger partial charge in [-0.2, -0.15) is 0 Å². The van der Waals surface area contributed by atoms with Gasteiger partial charge in [0.25, 0.3) is 0 Å². The van der Waals surface area contributed by atoms with Crippen molar-refractivity contribution in [1.82, 2.24) is 10.2 Å². The van der Waals surface area contributed by atoms with Gasteiger partial charge in [-0.05, 0) is 63.4 Å². The van der Waals surface area contributed by atoms with Crippen LogP contribution in [-0.2, 0) is 26.2 Å². The Bertz CT molecular complexity index is 1120. The zero-order valence-corrected chi connectivity index (χ0v) is 21.5. The molecule has 0 spiro atoms. The monoisotopic (exact) mass is 493 g/mol. The lowest BCUT2D eigenvalue weighted by Crippen LogP contribution is -2.52. The van der Waals surface area contributed by atoms with E-state index < -0.39 is 28.5 Å². The van der Waals surface area contributed by atoms with Crippen LogP contribution < -0.4 is 9.62 Å². The van der Waals surface area contributed by atoms with E-state index in [2.05, 4.69) is 5.32 Å². The van der Waals surface area contributed by atoms with Crippen molar-refractivity contribution in [2.24, 2.45) is 0 Å². The first-order chi connectivity index (χ1) is 15.3. The molecular weight excluding hydrogens is 462 g/mol. The number of benzene rings is 2. The fourth-order valence-corrected chi connectivity index (χ4v) is 4.49. The zero-order chi connectivity index (χ0) is 24.9. The molecule has 9 heteroatoms. The summed E-state index contributed by atoms with van der Waals surface area (Å²) in [5.74, 6) is -0.837. The zero-order valence-electron chi connectivity index (χ0n) is 19.9. The second kappa shape index (κ2) is 11.0. The summed E-state index contributed by atoms with van der Waals surface area (Å²) in [5.41, 5.74) is 2.77. The summed E-state index contributed by atoms with van der Waals surface area (Å²) in [7, 11) is -3.77. The van der Waals surface area contributed by atoms with Crippen LogP contribution in [0.25, 0.3) is 0 Å². The Labute approximate surface area is 201 Å². The van der Waals surface area contributed by atoms with E-state index in [0.29, 0.717) is 16.3 Å². The van der Waals surface area contributed by atoms with Crippen LogP contribution in [0, 0.1) is 13.8 Å². The lowest BCUT2D eigenvalue weighted by molar-refractivity contribution is -0.139. The highest BCUT2D eigenvalue weighted by atomic mass is 35.5. The maximum Gasteiger partial charge on any atom is 0.244 e. The molecule has 1 N–H and O–H groups in total. The molecule has 0 aliphatic rings.